The fraction of sp³-hybridized carbons (Fsp3) is 0.222. The lowest BCUT2D eigenvalue weighted by Gasteiger charge is -2.07. The van der Waals surface area contributed by atoms with E-state index in [1.807, 2.05) is 73.0 Å². The summed E-state index contributed by atoms with van der Waals surface area (Å²) in [5.41, 5.74) is 5.35. The molecule has 30 heavy (non-hydrogen) atoms. The summed E-state index contributed by atoms with van der Waals surface area (Å²) in [4.78, 5) is 4.44. The van der Waals surface area contributed by atoms with E-state index in [-0.39, 0.29) is 11.9 Å². The Morgan fingerprint density at radius 2 is 1.77 bits per heavy atom. The monoisotopic (exact) mass is 401 g/mol. The van der Waals surface area contributed by atoms with Crippen LogP contribution in [0, 0.1) is 5.82 Å². The Kier molecular flexibility index (Phi) is 7.69. The van der Waals surface area contributed by atoms with Gasteiger partial charge in [0, 0.05) is 29.4 Å². The molecule has 0 spiro atoms. The Morgan fingerprint density at radius 1 is 1.03 bits per heavy atom. The molecular formula is C27H28FNO. The van der Waals surface area contributed by atoms with Gasteiger partial charge in [-0.2, -0.15) is 0 Å². The van der Waals surface area contributed by atoms with Crippen molar-refractivity contribution in [1.29, 1.82) is 0 Å². The summed E-state index contributed by atoms with van der Waals surface area (Å²) in [5, 5.41) is 9.28. The number of benzene rings is 2. The number of halogens is 1. The molecule has 0 bridgehead atoms. The van der Waals surface area contributed by atoms with E-state index >= 15 is 0 Å². The van der Waals surface area contributed by atoms with Gasteiger partial charge >= 0.3 is 0 Å². The molecule has 2 aromatic carbocycles. The first-order chi connectivity index (χ1) is 14.6. The molecule has 3 aromatic rings. The topological polar surface area (TPSA) is 33.1 Å². The lowest BCUT2D eigenvalue weighted by Crippen LogP contribution is -1.97. The van der Waals surface area contributed by atoms with Crippen molar-refractivity contribution in [2.75, 3.05) is 0 Å². The minimum Gasteiger partial charge on any atom is -0.393 e. The molecule has 1 unspecified atom stereocenters. The number of aliphatic hydroxyl groups excluding tert-OH is 1. The summed E-state index contributed by atoms with van der Waals surface area (Å²) in [6, 6.07) is 17.2. The number of pyridine rings is 1. The minimum atomic E-state index is -0.269. The maximum Gasteiger partial charge on any atom is 0.131 e. The lowest BCUT2D eigenvalue weighted by atomic mass is 9.99. The minimum absolute atomic E-state index is 0.232. The van der Waals surface area contributed by atoms with Crippen molar-refractivity contribution in [2.24, 2.45) is 0 Å². The van der Waals surface area contributed by atoms with Crippen molar-refractivity contribution >= 4 is 6.08 Å². The quantitative estimate of drug-likeness (QED) is 0.314. The van der Waals surface area contributed by atoms with Gasteiger partial charge in [-0.15, -0.1) is 6.58 Å². The summed E-state index contributed by atoms with van der Waals surface area (Å²) in [7, 11) is 0. The Morgan fingerprint density at radius 3 is 2.40 bits per heavy atom. The highest BCUT2D eigenvalue weighted by molar-refractivity contribution is 5.71. The van der Waals surface area contributed by atoms with E-state index in [0.717, 1.165) is 53.6 Å². The highest BCUT2D eigenvalue weighted by atomic mass is 19.1. The van der Waals surface area contributed by atoms with Crippen molar-refractivity contribution in [3.63, 3.8) is 0 Å². The van der Waals surface area contributed by atoms with Crippen molar-refractivity contribution < 1.29 is 9.50 Å². The highest BCUT2D eigenvalue weighted by Crippen LogP contribution is 2.27. The van der Waals surface area contributed by atoms with E-state index in [9.17, 15) is 9.50 Å². The lowest BCUT2D eigenvalue weighted by molar-refractivity contribution is 0.182. The molecule has 0 radical (unpaired) electrons. The van der Waals surface area contributed by atoms with Crippen LogP contribution in [0.4, 0.5) is 4.39 Å². The van der Waals surface area contributed by atoms with E-state index < -0.39 is 0 Å². The first-order valence-corrected chi connectivity index (χ1v) is 10.4. The number of rotatable bonds is 9. The van der Waals surface area contributed by atoms with E-state index in [4.69, 9.17) is 0 Å². The number of hydrogen-bond acceptors (Lipinski definition) is 2. The first-order valence-electron chi connectivity index (χ1n) is 10.4. The predicted octanol–water partition coefficient (Wildman–Crippen LogP) is 6.85. The summed E-state index contributed by atoms with van der Waals surface area (Å²) >= 11 is 0. The van der Waals surface area contributed by atoms with Gasteiger partial charge in [0.25, 0.3) is 0 Å². The zero-order valence-corrected chi connectivity index (χ0v) is 17.4. The fourth-order valence-corrected chi connectivity index (χ4v) is 3.33. The number of allylic oxidation sites excluding steroid dienone is 2. The number of aromatic nitrogens is 1. The zero-order chi connectivity index (χ0) is 21.3. The van der Waals surface area contributed by atoms with Gasteiger partial charge in [0.2, 0.25) is 0 Å². The van der Waals surface area contributed by atoms with Crippen LogP contribution in [0.3, 0.4) is 0 Å². The normalized spacial score (nSPS) is 12.2. The standard InChI is InChI=1S/C27H28FNO/c1-3-7-25-16-15-24(19-29-25)22-11-13-23(14-12-22)26-17-10-21(18-27(26)28)9-6-4-5-8-20(2)30/h3,6,9-20,30H,1,4-5,7-8H2,2H3. The van der Waals surface area contributed by atoms with Gasteiger partial charge < -0.3 is 5.11 Å². The molecule has 1 aromatic heterocycles. The molecule has 0 amide bonds. The van der Waals surface area contributed by atoms with Crippen LogP contribution in [0.15, 0.2) is 79.5 Å². The van der Waals surface area contributed by atoms with E-state index in [0.29, 0.717) is 5.56 Å². The van der Waals surface area contributed by atoms with Crippen LogP contribution in [-0.2, 0) is 6.42 Å². The van der Waals surface area contributed by atoms with Gasteiger partial charge in [-0.1, -0.05) is 60.7 Å². The van der Waals surface area contributed by atoms with Crippen LogP contribution in [0.1, 0.15) is 37.4 Å². The molecule has 0 saturated heterocycles. The molecule has 2 nitrogen and oxygen atoms in total. The fourth-order valence-electron chi connectivity index (χ4n) is 3.33. The molecule has 0 aliphatic rings. The zero-order valence-electron chi connectivity index (χ0n) is 17.4. The maximum atomic E-state index is 14.7. The van der Waals surface area contributed by atoms with E-state index in [1.165, 1.54) is 0 Å². The second-order valence-corrected chi connectivity index (χ2v) is 7.53. The van der Waals surface area contributed by atoms with Crippen LogP contribution in [-0.4, -0.2) is 16.2 Å². The van der Waals surface area contributed by atoms with Gasteiger partial charge in [-0.05, 0) is 55.0 Å². The summed E-state index contributed by atoms with van der Waals surface area (Å²) < 4.78 is 14.7. The molecule has 1 N–H and O–H groups in total. The number of aliphatic hydroxyl groups is 1. The van der Waals surface area contributed by atoms with Crippen molar-refractivity contribution in [3.05, 3.63) is 96.6 Å². The van der Waals surface area contributed by atoms with Gasteiger partial charge in [-0.3, -0.25) is 4.98 Å². The smallest absolute Gasteiger partial charge is 0.131 e. The van der Waals surface area contributed by atoms with Crippen LogP contribution < -0.4 is 0 Å². The molecule has 0 fully saturated rings. The third-order valence-corrected chi connectivity index (χ3v) is 5.00. The van der Waals surface area contributed by atoms with Crippen molar-refractivity contribution in [2.45, 2.75) is 38.7 Å². The molecule has 3 rings (SSSR count). The Labute approximate surface area is 178 Å². The van der Waals surface area contributed by atoms with Crippen LogP contribution in [0.25, 0.3) is 28.3 Å². The Balaban J connectivity index is 1.68. The number of unbranched alkanes of at least 4 members (excludes halogenated alkanes) is 1. The molecule has 1 atom stereocenters. The molecule has 154 valence electrons. The van der Waals surface area contributed by atoms with E-state index in [2.05, 4.69) is 11.6 Å². The average Bonchev–Trinajstić information content (AvgIpc) is 2.74. The molecular weight excluding hydrogens is 373 g/mol. The van der Waals surface area contributed by atoms with Crippen LogP contribution >= 0.6 is 0 Å². The van der Waals surface area contributed by atoms with E-state index in [1.54, 1.807) is 13.0 Å². The Bertz CT molecular complexity index is 988. The highest BCUT2D eigenvalue weighted by Gasteiger charge is 2.07. The first kappa shape index (κ1) is 21.7. The molecule has 0 aliphatic carbocycles. The maximum absolute atomic E-state index is 14.7. The van der Waals surface area contributed by atoms with Gasteiger partial charge in [0.15, 0.2) is 0 Å². The number of hydrogen-bond donors (Lipinski definition) is 1. The SMILES string of the molecule is C=CCc1ccc(-c2ccc(-c3ccc(C=CCCCC(C)O)cc3F)cc2)cn1. The number of nitrogens with zero attached hydrogens (tertiary/aromatic N) is 1. The Hall–Kier alpha value is -3.04. The summed E-state index contributed by atoms with van der Waals surface area (Å²) in [6.45, 7) is 5.53. The van der Waals surface area contributed by atoms with Crippen LogP contribution in [0.2, 0.25) is 0 Å². The summed E-state index contributed by atoms with van der Waals surface area (Å²) in [5.74, 6) is -0.232. The molecule has 0 saturated carbocycles. The van der Waals surface area contributed by atoms with Gasteiger partial charge in [0.1, 0.15) is 5.82 Å². The largest absolute Gasteiger partial charge is 0.393 e. The second-order valence-electron chi connectivity index (χ2n) is 7.53. The predicted molar refractivity (Wildman–Crippen MR) is 124 cm³/mol. The van der Waals surface area contributed by atoms with Gasteiger partial charge in [0.05, 0.1) is 6.10 Å². The van der Waals surface area contributed by atoms with Crippen LogP contribution in [0.5, 0.6) is 0 Å². The van der Waals surface area contributed by atoms with Crippen molar-refractivity contribution in [3.8, 4) is 22.3 Å². The molecule has 3 heteroatoms. The third-order valence-electron chi connectivity index (χ3n) is 5.00. The average molecular weight is 402 g/mol. The van der Waals surface area contributed by atoms with Gasteiger partial charge in [-0.25, -0.2) is 4.39 Å². The van der Waals surface area contributed by atoms with Crippen molar-refractivity contribution in [1.82, 2.24) is 4.98 Å². The summed E-state index contributed by atoms with van der Waals surface area (Å²) in [6.07, 6.45) is 10.7. The molecule has 0 aliphatic heterocycles. The second kappa shape index (κ2) is 10.7. The third kappa shape index (κ3) is 5.98. The molecule has 1 heterocycles.